The molecule has 1 aromatic carbocycles. The molecular formula is C14H14BrFN2O. The number of hydrogen-bond donors (Lipinski definition) is 0. The molecule has 0 atom stereocenters. The first-order valence-electron chi connectivity index (χ1n) is 6.02. The zero-order valence-electron chi connectivity index (χ0n) is 10.8. The zero-order valence-corrected chi connectivity index (χ0v) is 12.4. The maximum atomic E-state index is 13.3. The van der Waals surface area contributed by atoms with Crippen molar-refractivity contribution >= 4 is 21.7 Å². The molecule has 0 fully saturated rings. The smallest absolute Gasteiger partial charge is 0.168 e. The van der Waals surface area contributed by atoms with Crippen LogP contribution in [0, 0.1) is 12.7 Å². The lowest BCUT2D eigenvalue weighted by atomic mass is 10.1. The number of halogens is 2. The van der Waals surface area contributed by atoms with Gasteiger partial charge in [-0.1, -0.05) is 15.9 Å². The molecule has 0 bridgehead atoms. The van der Waals surface area contributed by atoms with Crippen LogP contribution in [0.2, 0.25) is 0 Å². The predicted octanol–water partition coefficient (Wildman–Crippen LogP) is 3.54. The number of aryl methyl sites for hydroxylation is 2. The molecular weight excluding hydrogens is 311 g/mol. The Kier molecular flexibility index (Phi) is 4.14. The summed E-state index contributed by atoms with van der Waals surface area (Å²) in [5.41, 5.74) is 2.10. The molecule has 0 aliphatic carbocycles. The van der Waals surface area contributed by atoms with Crippen LogP contribution in [0.5, 0.6) is 0 Å². The molecule has 0 aliphatic rings. The lowest BCUT2D eigenvalue weighted by molar-refractivity contribution is 0.0990. The fourth-order valence-electron chi connectivity index (χ4n) is 2.00. The second kappa shape index (κ2) is 5.65. The van der Waals surface area contributed by atoms with Crippen molar-refractivity contribution in [2.45, 2.75) is 26.8 Å². The third kappa shape index (κ3) is 3.29. The third-order valence-corrected chi connectivity index (χ3v) is 3.27. The highest BCUT2D eigenvalue weighted by Crippen LogP contribution is 2.17. The van der Waals surface area contributed by atoms with Gasteiger partial charge in [0.15, 0.2) is 5.78 Å². The Labute approximate surface area is 119 Å². The van der Waals surface area contributed by atoms with Gasteiger partial charge in [-0.25, -0.2) is 4.39 Å². The molecule has 5 heteroatoms. The Morgan fingerprint density at radius 2 is 2.11 bits per heavy atom. The Balaban J connectivity index is 2.25. The average molecular weight is 325 g/mol. The quantitative estimate of drug-likeness (QED) is 0.806. The fraction of sp³-hybridized carbons (Fsp3) is 0.286. The van der Waals surface area contributed by atoms with Gasteiger partial charge in [-0.05, 0) is 38.1 Å². The van der Waals surface area contributed by atoms with Gasteiger partial charge in [0, 0.05) is 22.3 Å². The molecule has 100 valence electrons. The number of carbonyl (C=O) groups excluding carboxylic acids is 1. The maximum absolute atomic E-state index is 13.3. The third-order valence-electron chi connectivity index (χ3n) is 2.81. The van der Waals surface area contributed by atoms with E-state index in [2.05, 4.69) is 21.0 Å². The van der Waals surface area contributed by atoms with Crippen molar-refractivity contribution in [2.24, 2.45) is 0 Å². The molecule has 2 aromatic rings. The minimum absolute atomic E-state index is 0.116. The van der Waals surface area contributed by atoms with Crippen molar-refractivity contribution in [1.82, 2.24) is 9.78 Å². The normalized spacial score (nSPS) is 10.7. The molecule has 19 heavy (non-hydrogen) atoms. The number of rotatable bonds is 4. The Hall–Kier alpha value is -1.49. The molecule has 0 spiro atoms. The van der Waals surface area contributed by atoms with Crippen LogP contribution >= 0.6 is 15.9 Å². The summed E-state index contributed by atoms with van der Waals surface area (Å²) in [4.78, 5) is 12.2. The van der Waals surface area contributed by atoms with E-state index in [-0.39, 0.29) is 12.2 Å². The molecule has 0 radical (unpaired) electrons. The first-order valence-corrected chi connectivity index (χ1v) is 6.81. The van der Waals surface area contributed by atoms with E-state index in [0.29, 0.717) is 16.6 Å². The van der Waals surface area contributed by atoms with Crippen molar-refractivity contribution in [3.63, 3.8) is 0 Å². The van der Waals surface area contributed by atoms with Gasteiger partial charge < -0.3 is 0 Å². The predicted molar refractivity (Wildman–Crippen MR) is 74.8 cm³/mol. The zero-order chi connectivity index (χ0) is 14.0. The van der Waals surface area contributed by atoms with E-state index < -0.39 is 5.82 Å². The molecule has 0 aliphatic heterocycles. The van der Waals surface area contributed by atoms with E-state index in [0.717, 1.165) is 11.4 Å². The van der Waals surface area contributed by atoms with Crippen LogP contribution in [0.4, 0.5) is 4.39 Å². The minimum atomic E-state index is -0.419. The van der Waals surface area contributed by atoms with Crippen LogP contribution in [-0.2, 0) is 13.0 Å². The summed E-state index contributed by atoms with van der Waals surface area (Å²) in [5, 5.41) is 4.29. The van der Waals surface area contributed by atoms with Gasteiger partial charge in [0.2, 0.25) is 0 Å². The van der Waals surface area contributed by atoms with E-state index in [1.54, 1.807) is 10.7 Å². The first-order chi connectivity index (χ1) is 8.99. The summed E-state index contributed by atoms with van der Waals surface area (Å²) >= 11 is 3.19. The van der Waals surface area contributed by atoms with Gasteiger partial charge in [0.25, 0.3) is 0 Å². The molecule has 0 saturated heterocycles. The van der Waals surface area contributed by atoms with Gasteiger partial charge in [-0.2, -0.15) is 5.10 Å². The topological polar surface area (TPSA) is 34.9 Å². The SMILES string of the molecule is CCn1nc(C)cc1CC(=O)c1cc(F)cc(Br)c1. The van der Waals surface area contributed by atoms with Crippen molar-refractivity contribution in [1.29, 1.82) is 0 Å². The fourth-order valence-corrected chi connectivity index (χ4v) is 2.46. The Morgan fingerprint density at radius 3 is 2.74 bits per heavy atom. The maximum Gasteiger partial charge on any atom is 0.168 e. The van der Waals surface area contributed by atoms with Crippen LogP contribution in [0.25, 0.3) is 0 Å². The van der Waals surface area contributed by atoms with E-state index in [4.69, 9.17) is 0 Å². The van der Waals surface area contributed by atoms with Crippen LogP contribution in [0.1, 0.15) is 28.7 Å². The van der Waals surface area contributed by atoms with Crippen molar-refractivity contribution in [2.75, 3.05) is 0 Å². The number of ketones is 1. The van der Waals surface area contributed by atoms with Crippen LogP contribution in [-0.4, -0.2) is 15.6 Å². The number of carbonyl (C=O) groups is 1. The van der Waals surface area contributed by atoms with E-state index >= 15 is 0 Å². The molecule has 1 heterocycles. The highest BCUT2D eigenvalue weighted by molar-refractivity contribution is 9.10. The summed E-state index contributed by atoms with van der Waals surface area (Å²) in [5.74, 6) is -0.535. The highest BCUT2D eigenvalue weighted by atomic mass is 79.9. The number of aromatic nitrogens is 2. The lowest BCUT2D eigenvalue weighted by Gasteiger charge is -2.05. The lowest BCUT2D eigenvalue weighted by Crippen LogP contribution is -2.10. The average Bonchev–Trinajstić information content (AvgIpc) is 2.68. The molecule has 0 saturated carbocycles. The number of Topliss-reactive ketones (excluding diaryl/α,β-unsaturated/α-hetero) is 1. The molecule has 2 rings (SSSR count). The Bertz CT molecular complexity index is 602. The second-order valence-corrected chi connectivity index (χ2v) is 5.27. The largest absolute Gasteiger partial charge is 0.294 e. The number of nitrogens with zero attached hydrogens (tertiary/aromatic N) is 2. The Morgan fingerprint density at radius 1 is 1.37 bits per heavy atom. The molecule has 1 aromatic heterocycles. The second-order valence-electron chi connectivity index (χ2n) is 4.35. The van der Waals surface area contributed by atoms with Crippen LogP contribution in [0.15, 0.2) is 28.7 Å². The van der Waals surface area contributed by atoms with E-state index in [1.165, 1.54) is 12.1 Å². The summed E-state index contributed by atoms with van der Waals surface area (Å²) < 4.78 is 15.6. The van der Waals surface area contributed by atoms with Gasteiger partial charge in [-0.3, -0.25) is 9.48 Å². The van der Waals surface area contributed by atoms with Crippen molar-refractivity contribution in [3.05, 3.63) is 51.5 Å². The molecule has 0 amide bonds. The summed E-state index contributed by atoms with van der Waals surface area (Å²) in [6.45, 7) is 4.57. The van der Waals surface area contributed by atoms with E-state index in [9.17, 15) is 9.18 Å². The summed E-state index contributed by atoms with van der Waals surface area (Å²) in [6, 6.07) is 6.10. The van der Waals surface area contributed by atoms with Crippen LogP contribution in [0.3, 0.4) is 0 Å². The van der Waals surface area contributed by atoms with Crippen molar-refractivity contribution in [3.8, 4) is 0 Å². The number of hydrogen-bond acceptors (Lipinski definition) is 2. The van der Waals surface area contributed by atoms with Gasteiger partial charge in [0.1, 0.15) is 5.82 Å². The highest BCUT2D eigenvalue weighted by Gasteiger charge is 2.13. The van der Waals surface area contributed by atoms with Crippen LogP contribution < -0.4 is 0 Å². The summed E-state index contributed by atoms with van der Waals surface area (Å²) in [6.07, 6.45) is 0.227. The van der Waals surface area contributed by atoms with Gasteiger partial charge >= 0.3 is 0 Å². The number of benzene rings is 1. The first kappa shape index (κ1) is 13.9. The van der Waals surface area contributed by atoms with E-state index in [1.807, 2.05) is 19.9 Å². The minimum Gasteiger partial charge on any atom is -0.294 e. The summed E-state index contributed by atoms with van der Waals surface area (Å²) in [7, 11) is 0. The molecule has 3 nitrogen and oxygen atoms in total. The standard InChI is InChI=1S/C14H14BrFN2O/c1-3-18-13(4-9(2)17-18)8-14(19)10-5-11(15)7-12(16)6-10/h4-7H,3,8H2,1-2H3. The molecule has 0 N–H and O–H groups in total. The van der Waals surface area contributed by atoms with Gasteiger partial charge in [-0.15, -0.1) is 0 Å². The monoisotopic (exact) mass is 324 g/mol. The van der Waals surface area contributed by atoms with Gasteiger partial charge in [0.05, 0.1) is 12.1 Å². The van der Waals surface area contributed by atoms with Crippen molar-refractivity contribution < 1.29 is 9.18 Å². The molecule has 0 unspecified atom stereocenters.